The molecule has 0 aliphatic heterocycles. The van der Waals surface area contributed by atoms with Gasteiger partial charge in [0.1, 0.15) is 11.5 Å². The van der Waals surface area contributed by atoms with Crippen molar-refractivity contribution in [1.82, 2.24) is 0 Å². The van der Waals surface area contributed by atoms with Crippen LogP contribution in [0.3, 0.4) is 0 Å². The predicted molar refractivity (Wildman–Crippen MR) is 58.2 cm³/mol. The van der Waals surface area contributed by atoms with E-state index in [1.54, 1.807) is 0 Å². The van der Waals surface area contributed by atoms with Crippen molar-refractivity contribution in [1.29, 1.82) is 0 Å². The van der Waals surface area contributed by atoms with E-state index in [1.165, 1.54) is 5.56 Å². The van der Waals surface area contributed by atoms with Gasteiger partial charge in [-0.05, 0) is 31.9 Å². The molecule has 0 bridgehead atoms. The van der Waals surface area contributed by atoms with Gasteiger partial charge in [-0.3, -0.25) is 0 Å². The summed E-state index contributed by atoms with van der Waals surface area (Å²) in [7, 11) is 0. The molecule has 2 heteroatoms. The first-order valence-corrected chi connectivity index (χ1v) is 5.20. The summed E-state index contributed by atoms with van der Waals surface area (Å²) in [6, 6.07) is 6.02. The van der Waals surface area contributed by atoms with Crippen molar-refractivity contribution in [3.8, 4) is 11.5 Å². The van der Waals surface area contributed by atoms with Gasteiger partial charge < -0.3 is 9.47 Å². The summed E-state index contributed by atoms with van der Waals surface area (Å²) in [6.07, 6.45) is 0.988. The highest BCUT2D eigenvalue weighted by molar-refractivity contribution is 5.40. The third kappa shape index (κ3) is 2.66. The van der Waals surface area contributed by atoms with Gasteiger partial charge in [-0.2, -0.15) is 0 Å². The van der Waals surface area contributed by atoms with E-state index in [-0.39, 0.29) is 0 Å². The number of hydrogen-bond donors (Lipinski definition) is 0. The average molecular weight is 194 g/mol. The molecule has 0 amide bonds. The SMILES string of the molecule is CCOc1ccc(CC)c(OCC)c1. The van der Waals surface area contributed by atoms with Gasteiger partial charge in [0.2, 0.25) is 0 Å². The number of ether oxygens (including phenoxy) is 2. The summed E-state index contributed by atoms with van der Waals surface area (Å²) in [5.41, 5.74) is 1.23. The molecule has 0 aliphatic rings. The Hall–Kier alpha value is -1.18. The van der Waals surface area contributed by atoms with Crippen LogP contribution in [0.25, 0.3) is 0 Å². The molecular formula is C12H18O2. The molecule has 1 aromatic carbocycles. The largest absolute Gasteiger partial charge is 0.494 e. The summed E-state index contributed by atoms with van der Waals surface area (Å²) < 4.78 is 10.9. The molecule has 1 aromatic rings. The topological polar surface area (TPSA) is 18.5 Å². The van der Waals surface area contributed by atoms with Gasteiger partial charge in [-0.25, -0.2) is 0 Å². The second kappa shape index (κ2) is 5.53. The Morgan fingerprint density at radius 2 is 1.71 bits per heavy atom. The summed E-state index contributed by atoms with van der Waals surface area (Å²) >= 11 is 0. The normalized spacial score (nSPS) is 9.93. The Bertz CT molecular complexity index is 282. The molecule has 2 nitrogen and oxygen atoms in total. The first-order chi connectivity index (χ1) is 6.81. The molecule has 0 saturated carbocycles. The van der Waals surface area contributed by atoms with Gasteiger partial charge in [0.15, 0.2) is 0 Å². The van der Waals surface area contributed by atoms with Crippen molar-refractivity contribution >= 4 is 0 Å². The van der Waals surface area contributed by atoms with E-state index in [1.807, 2.05) is 26.0 Å². The van der Waals surface area contributed by atoms with E-state index in [0.29, 0.717) is 13.2 Å². The van der Waals surface area contributed by atoms with E-state index < -0.39 is 0 Å². The van der Waals surface area contributed by atoms with Crippen molar-refractivity contribution in [3.05, 3.63) is 23.8 Å². The Balaban J connectivity index is 2.88. The van der Waals surface area contributed by atoms with Crippen LogP contribution in [0.15, 0.2) is 18.2 Å². The maximum Gasteiger partial charge on any atom is 0.126 e. The third-order valence-corrected chi connectivity index (χ3v) is 2.03. The van der Waals surface area contributed by atoms with Gasteiger partial charge in [-0.1, -0.05) is 13.0 Å². The first-order valence-electron chi connectivity index (χ1n) is 5.20. The highest BCUT2D eigenvalue weighted by Gasteiger charge is 2.03. The molecule has 0 saturated heterocycles. The summed E-state index contributed by atoms with van der Waals surface area (Å²) in [5, 5.41) is 0. The zero-order valence-corrected chi connectivity index (χ0v) is 9.17. The maximum absolute atomic E-state index is 5.53. The highest BCUT2D eigenvalue weighted by atomic mass is 16.5. The molecule has 1 rings (SSSR count). The molecule has 0 fully saturated rings. The zero-order valence-electron chi connectivity index (χ0n) is 9.17. The minimum Gasteiger partial charge on any atom is -0.494 e. The van der Waals surface area contributed by atoms with Crippen LogP contribution in [-0.2, 0) is 6.42 Å². The quantitative estimate of drug-likeness (QED) is 0.717. The summed E-state index contributed by atoms with van der Waals surface area (Å²) in [4.78, 5) is 0. The fourth-order valence-corrected chi connectivity index (χ4v) is 1.37. The van der Waals surface area contributed by atoms with Gasteiger partial charge in [-0.15, -0.1) is 0 Å². The van der Waals surface area contributed by atoms with Crippen LogP contribution in [0, 0.1) is 0 Å². The van der Waals surface area contributed by atoms with Gasteiger partial charge in [0.05, 0.1) is 13.2 Å². The van der Waals surface area contributed by atoms with Crippen molar-refractivity contribution in [2.24, 2.45) is 0 Å². The van der Waals surface area contributed by atoms with Gasteiger partial charge in [0.25, 0.3) is 0 Å². The Morgan fingerprint density at radius 1 is 1.00 bits per heavy atom. The standard InChI is InChI=1S/C12H18O2/c1-4-10-7-8-11(13-5-2)9-12(10)14-6-3/h7-9H,4-6H2,1-3H3. The molecule has 0 aromatic heterocycles. The molecule has 0 aliphatic carbocycles. The summed E-state index contributed by atoms with van der Waals surface area (Å²) in [6.45, 7) is 7.48. The second-order valence-electron chi connectivity index (χ2n) is 2.99. The average Bonchev–Trinajstić information content (AvgIpc) is 2.19. The van der Waals surface area contributed by atoms with Crippen LogP contribution in [0.5, 0.6) is 11.5 Å². The Labute approximate surface area is 85.8 Å². The molecule has 0 N–H and O–H groups in total. The molecule has 14 heavy (non-hydrogen) atoms. The summed E-state index contributed by atoms with van der Waals surface area (Å²) in [5.74, 6) is 1.83. The number of rotatable bonds is 5. The van der Waals surface area contributed by atoms with E-state index in [9.17, 15) is 0 Å². The zero-order chi connectivity index (χ0) is 10.4. The number of aryl methyl sites for hydroxylation is 1. The Kier molecular flexibility index (Phi) is 4.30. The van der Waals surface area contributed by atoms with Crippen LogP contribution in [0.4, 0.5) is 0 Å². The maximum atomic E-state index is 5.53. The molecule has 0 heterocycles. The molecule has 78 valence electrons. The van der Waals surface area contributed by atoms with E-state index in [2.05, 4.69) is 13.0 Å². The third-order valence-electron chi connectivity index (χ3n) is 2.03. The lowest BCUT2D eigenvalue weighted by Crippen LogP contribution is -1.98. The van der Waals surface area contributed by atoms with Gasteiger partial charge >= 0.3 is 0 Å². The molecular weight excluding hydrogens is 176 g/mol. The van der Waals surface area contributed by atoms with Crippen molar-refractivity contribution in [2.45, 2.75) is 27.2 Å². The fourth-order valence-electron chi connectivity index (χ4n) is 1.37. The second-order valence-corrected chi connectivity index (χ2v) is 2.99. The molecule has 0 atom stereocenters. The van der Waals surface area contributed by atoms with E-state index >= 15 is 0 Å². The lowest BCUT2D eigenvalue weighted by atomic mass is 10.1. The van der Waals surface area contributed by atoms with E-state index in [4.69, 9.17) is 9.47 Å². The van der Waals surface area contributed by atoms with Crippen LogP contribution < -0.4 is 9.47 Å². The smallest absolute Gasteiger partial charge is 0.126 e. The molecule has 0 spiro atoms. The van der Waals surface area contributed by atoms with Gasteiger partial charge in [0, 0.05) is 6.07 Å². The first kappa shape index (κ1) is 10.9. The number of benzene rings is 1. The van der Waals surface area contributed by atoms with E-state index in [0.717, 1.165) is 17.9 Å². The van der Waals surface area contributed by atoms with Crippen LogP contribution in [-0.4, -0.2) is 13.2 Å². The van der Waals surface area contributed by atoms with Crippen LogP contribution in [0.1, 0.15) is 26.3 Å². The predicted octanol–water partition coefficient (Wildman–Crippen LogP) is 3.05. The van der Waals surface area contributed by atoms with Crippen molar-refractivity contribution in [3.63, 3.8) is 0 Å². The minimum absolute atomic E-state index is 0.692. The lowest BCUT2D eigenvalue weighted by molar-refractivity contribution is 0.321. The van der Waals surface area contributed by atoms with Crippen molar-refractivity contribution in [2.75, 3.05) is 13.2 Å². The number of hydrogen-bond acceptors (Lipinski definition) is 2. The molecule has 0 unspecified atom stereocenters. The van der Waals surface area contributed by atoms with Crippen LogP contribution in [0.2, 0.25) is 0 Å². The van der Waals surface area contributed by atoms with Crippen molar-refractivity contribution < 1.29 is 9.47 Å². The highest BCUT2D eigenvalue weighted by Crippen LogP contribution is 2.25. The van der Waals surface area contributed by atoms with Crippen LogP contribution >= 0.6 is 0 Å². The Morgan fingerprint density at radius 3 is 2.29 bits per heavy atom. The minimum atomic E-state index is 0.692. The lowest BCUT2D eigenvalue weighted by Gasteiger charge is -2.11. The fraction of sp³-hybridized carbons (Fsp3) is 0.500. The molecule has 0 radical (unpaired) electrons. The monoisotopic (exact) mass is 194 g/mol.